The maximum absolute atomic E-state index is 5.30. The van der Waals surface area contributed by atoms with E-state index in [0.717, 1.165) is 5.84 Å². The van der Waals surface area contributed by atoms with Gasteiger partial charge in [-0.3, -0.25) is 0 Å². The second-order valence-corrected chi connectivity index (χ2v) is 15.8. The van der Waals surface area contributed by atoms with Crippen molar-refractivity contribution in [3.63, 3.8) is 0 Å². The Morgan fingerprint density at radius 3 is 1.72 bits per heavy atom. The standard InChI is InChI=1S/C25H38N2SiTe/c1-17-18(2)20(4)25(11,19(17)3)28(29)27(24(8,9)10)22(26-23(5,6)7)21-15-13-12-14-16-21/h12-16H,1-11H3. The van der Waals surface area contributed by atoms with Gasteiger partial charge in [0.2, 0.25) is 0 Å². The van der Waals surface area contributed by atoms with Gasteiger partial charge in [-0.05, 0) is 0 Å². The molecular formula is C25H38N2SiTe. The summed E-state index contributed by atoms with van der Waals surface area (Å²) >= 11 is 2.39. The van der Waals surface area contributed by atoms with Crippen molar-refractivity contribution in [2.24, 2.45) is 4.99 Å². The van der Waals surface area contributed by atoms with Crippen LogP contribution in [0.1, 0.15) is 81.7 Å². The van der Waals surface area contributed by atoms with Crippen molar-refractivity contribution >= 4 is 32.8 Å². The quantitative estimate of drug-likeness (QED) is 0.254. The van der Waals surface area contributed by atoms with Crippen LogP contribution in [-0.2, 0) is 0 Å². The Hall–Kier alpha value is -0.824. The molecule has 0 heterocycles. The molecule has 1 aromatic rings. The molecule has 1 aliphatic rings. The average molecular weight is 522 g/mol. The Morgan fingerprint density at radius 1 is 0.897 bits per heavy atom. The molecule has 0 aromatic heterocycles. The van der Waals surface area contributed by atoms with Gasteiger partial charge in [0.1, 0.15) is 0 Å². The van der Waals surface area contributed by atoms with E-state index in [4.69, 9.17) is 4.99 Å². The van der Waals surface area contributed by atoms with E-state index in [2.05, 4.69) is 132 Å². The van der Waals surface area contributed by atoms with E-state index in [1.165, 1.54) is 27.9 Å². The summed E-state index contributed by atoms with van der Waals surface area (Å²) in [4.78, 5) is 5.30. The molecule has 0 fully saturated rings. The molecule has 0 aliphatic heterocycles. The summed E-state index contributed by atoms with van der Waals surface area (Å²) in [6.45, 7) is 25.3. The van der Waals surface area contributed by atoms with Crippen LogP contribution in [0.15, 0.2) is 57.6 Å². The third kappa shape index (κ3) is 4.76. The van der Waals surface area contributed by atoms with E-state index >= 15 is 0 Å². The minimum absolute atomic E-state index is 0.0283. The Balaban J connectivity index is 2.77. The predicted octanol–water partition coefficient (Wildman–Crippen LogP) is 6.44. The van der Waals surface area contributed by atoms with Crippen LogP contribution >= 0.6 is 0 Å². The first-order valence-corrected chi connectivity index (χ1v) is 15.3. The van der Waals surface area contributed by atoms with Crippen LogP contribution in [0.25, 0.3) is 0 Å². The van der Waals surface area contributed by atoms with Gasteiger partial charge < -0.3 is 0 Å². The van der Waals surface area contributed by atoms with Crippen molar-refractivity contribution < 1.29 is 0 Å². The summed E-state index contributed by atoms with van der Waals surface area (Å²) in [6, 6.07) is 9.70. The van der Waals surface area contributed by atoms with Crippen molar-refractivity contribution in [2.45, 2.75) is 92.3 Å². The van der Waals surface area contributed by atoms with Gasteiger partial charge in [0, 0.05) is 0 Å². The van der Waals surface area contributed by atoms with E-state index in [1.807, 2.05) is 0 Å². The van der Waals surface area contributed by atoms with E-state index in [9.17, 15) is 0 Å². The number of amidine groups is 1. The fourth-order valence-electron chi connectivity index (χ4n) is 4.01. The van der Waals surface area contributed by atoms with Crippen LogP contribution < -0.4 is 0 Å². The topological polar surface area (TPSA) is 15.6 Å². The first kappa shape index (κ1) is 24.4. The third-order valence-corrected chi connectivity index (χ3v) is 14.1. The van der Waals surface area contributed by atoms with E-state index in [-0.39, 0.29) is 16.1 Å². The molecule has 1 aliphatic carbocycles. The zero-order valence-electron chi connectivity index (χ0n) is 20.2. The predicted molar refractivity (Wildman–Crippen MR) is 131 cm³/mol. The fourth-order valence-corrected chi connectivity index (χ4v) is 12.2. The molecule has 0 saturated heterocycles. The molecule has 0 atom stereocenters. The number of nitrogens with zero attached hydrogens (tertiary/aromatic N) is 2. The van der Waals surface area contributed by atoms with Crippen LogP contribution in [-0.4, -0.2) is 48.5 Å². The molecule has 0 saturated carbocycles. The molecule has 0 spiro atoms. The summed E-state index contributed by atoms with van der Waals surface area (Å²) in [6.07, 6.45) is 0. The number of rotatable bonds is 3. The number of hydrogen-bond acceptors (Lipinski definition) is 1. The van der Waals surface area contributed by atoms with Crippen molar-refractivity contribution in [1.82, 2.24) is 4.57 Å². The number of hydrogen-bond donors (Lipinski definition) is 0. The maximum atomic E-state index is 5.30. The Bertz CT molecular complexity index is 869. The van der Waals surface area contributed by atoms with Gasteiger partial charge >= 0.3 is 193 Å². The van der Waals surface area contributed by atoms with Crippen molar-refractivity contribution in [3.8, 4) is 0 Å². The second kappa shape index (κ2) is 8.37. The van der Waals surface area contributed by atoms with Crippen LogP contribution in [0.5, 0.6) is 0 Å². The summed E-state index contributed by atoms with van der Waals surface area (Å²) in [5.41, 5.74) is 7.04. The first-order chi connectivity index (χ1) is 13.1. The van der Waals surface area contributed by atoms with Crippen molar-refractivity contribution in [1.29, 1.82) is 0 Å². The molecule has 4 heteroatoms. The third-order valence-electron chi connectivity index (χ3n) is 6.17. The molecule has 2 rings (SSSR count). The van der Waals surface area contributed by atoms with Crippen LogP contribution in [0.4, 0.5) is 0 Å². The van der Waals surface area contributed by atoms with Crippen LogP contribution in [0, 0.1) is 0 Å². The van der Waals surface area contributed by atoms with Gasteiger partial charge in [0.25, 0.3) is 0 Å². The van der Waals surface area contributed by atoms with Crippen LogP contribution in [0.2, 0.25) is 5.04 Å². The summed E-state index contributed by atoms with van der Waals surface area (Å²) in [5, 5.41) is 0.0873. The van der Waals surface area contributed by atoms with Gasteiger partial charge in [0.05, 0.1) is 0 Å². The zero-order valence-corrected chi connectivity index (χ0v) is 23.5. The molecular weight excluding hydrogens is 484 g/mol. The molecule has 29 heavy (non-hydrogen) atoms. The fraction of sp³-hybridized carbons (Fsp3) is 0.560. The molecule has 0 unspecified atom stereocenters. The summed E-state index contributed by atoms with van der Waals surface area (Å²) < 4.78 is 2.67. The summed E-state index contributed by atoms with van der Waals surface area (Å²) in [5.74, 6) is 1.13. The molecule has 0 radical (unpaired) electrons. The Morgan fingerprint density at radius 2 is 1.34 bits per heavy atom. The van der Waals surface area contributed by atoms with E-state index in [1.54, 1.807) is 0 Å². The Labute approximate surface area is 192 Å². The van der Waals surface area contributed by atoms with Crippen molar-refractivity contribution in [3.05, 3.63) is 58.2 Å². The average Bonchev–Trinajstić information content (AvgIpc) is 2.76. The number of benzene rings is 1. The molecule has 1 aromatic carbocycles. The van der Waals surface area contributed by atoms with Crippen LogP contribution in [0.3, 0.4) is 0 Å². The normalized spacial score (nSPS) is 17.8. The molecule has 2 nitrogen and oxygen atoms in total. The van der Waals surface area contributed by atoms with E-state index < -0.39 is 6.02 Å². The first-order valence-electron chi connectivity index (χ1n) is 10.5. The van der Waals surface area contributed by atoms with Gasteiger partial charge in [-0.1, -0.05) is 0 Å². The minimum atomic E-state index is -1.04. The van der Waals surface area contributed by atoms with Gasteiger partial charge in [-0.15, -0.1) is 0 Å². The summed E-state index contributed by atoms with van der Waals surface area (Å²) in [7, 11) is 0. The monoisotopic (exact) mass is 524 g/mol. The second-order valence-electron chi connectivity index (χ2n) is 10.4. The van der Waals surface area contributed by atoms with Crippen molar-refractivity contribution in [2.75, 3.05) is 0 Å². The number of allylic oxidation sites excluding steroid dienone is 4. The van der Waals surface area contributed by atoms with Gasteiger partial charge in [-0.25, -0.2) is 0 Å². The van der Waals surface area contributed by atoms with Gasteiger partial charge in [-0.2, -0.15) is 0 Å². The number of aliphatic imine (C=N–C) groups is 1. The zero-order chi connectivity index (χ0) is 22.4. The Kier molecular flexibility index (Phi) is 7.05. The molecule has 0 amide bonds. The molecule has 0 N–H and O–H groups in total. The molecule has 0 bridgehead atoms. The molecule has 158 valence electrons. The SMILES string of the molecule is CC1=C(C)C(C)([Si](=[Te])N(C(=NC(C)(C)C)c2ccccc2)C(C)(C)C)C(C)=C1C. The van der Waals surface area contributed by atoms with E-state index in [0.29, 0.717) is 0 Å². The van der Waals surface area contributed by atoms with Gasteiger partial charge in [0.15, 0.2) is 0 Å².